The first-order valence-electron chi connectivity index (χ1n) is 10.1. The molecule has 0 aromatic rings. The molecule has 0 aliphatic carbocycles. The summed E-state index contributed by atoms with van der Waals surface area (Å²) in [5, 5.41) is 0. The van der Waals surface area contributed by atoms with Crippen molar-refractivity contribution in [2.75, 3.05) is 19.7 Å². The number of hydrogen-bond donors (Lipinski definition) is 0. The Morgan fingerprint density at radius 3 is 2.10 bits per heavy atom. The Morgan fingerprint density at radius 1 is 0.967 bits per heavy atom. The molecule has 0 radical (unpaired) electrons. The molecule has 0 aromatic carbocycles. The van der Waals surface area contributed by atoms with Gasteiger partial charge in [-0.3, -0.25) is 9.59 Å². The van der Waals surface area contributed by atoms with Gasteiger partial charge in [-0.2, -0.15) is 22.0 Å². The van der Waals surface area contributed by atoms with Crippen LogP contribution in [0.25, 0.3) is 0 Å². The molecule has 11 heteroatoms. The summed E-state index contributed by atoms with van der Waals surface area (Å²) in [7, 11) is 0. The van der Waals surface area contributed by atoms with Crippen molar-refractivity contribution in [2.45, 2.75) is 76.6 Å². The van der Waals surface area contributed by atoms with Gasteiger partial charge in [0.15, 0.2) is 0 Å². The molecule has 2 unspecified atom stereocenters. The highest BCUT2D eigenvalue weighted by molar-refractivity contribution is 5.93. The minimum absolute atomic E-state index is 0.0365. The lowest BCUT2D eigenvalue weighted by molar-refractivity contribution is -0.274. The van der Waals surface area contributed by atoms with Crippen LogP contribution in [0.3, 0.4) is 0 Å². The smallest absolute Gasteiger partial charge is 0.463 e. The predicted octanol–water partition coefficient (Wildman–Crippen LogP) is 3.15. The minimum Gasteiger partial charge on any atom is -0.464 e. The van der Waals surface area contributed by atoms with Crippen molar-refractivity contribution in [1.82, 2.24) is 9.80 Å². The van der Waals surface area contributed by atoms with Gasteiger partial charge in [0.1, 0.15) is 12.1 Å². The number of esters is 1. The maximum Gasteiger partial charge on any atom is 0.463 e. The van der Waals surface area contributed by atoms with E-state index >= 15 is 0 Å². The van der Waals surface area contributed by atoms with Gasteiger partial charge in [-0.1, -0.05) is 13.8 Å². The molecule has 2 atom stereocenters. The summed E-state index contributed by atoms with van der Waals surface area (Å²) in [5.41, 5.74) is 0. The maximum atomic E-state index is 13.5. The SMILES string of the molecule is CC(C)CCCOC(=O)C1CCCN1C(=O)C1CCCN1C(=O)C(F)(F)C(F)(F)F. The van der Waals surface area contributed by atoms with Crippen LogP contribution in [0.15, 0.2) is 0 Å². The van der Waals surface area contributed by atoms with Gasteiger partial charge in [-0.05, 0) is 44.4 Å². The molecule has 172 valence electrons. The Bertz CT molecular complexity index is 653. The molecule has 2 amide bonds. The molecule has 2 aliphatic rings. The second kappa shape index (κ2) is 9.47. The van der Waals surface area contributed by atoms with E-state index in [2.05, 4.69) is 0 Å². The number of ether oxygens (including phenoxy) is 1. The highest BCUT2D eigenvalue weighted by Gasteiger charge is 2.65. The maximum absolute atomic E-state index is 13.5. The lowest BCUT2D eigenvalue weighted by Gasteiger charge is -2.32. The first-order valence-corrected chi connectivity index (χ1v) is 10.1. The third kappa shape index (κ3) is 5.21. The van der Waals surface area contributed by atoms with E-state index in [0.717, 1.165) is 11.3 Å². The van der Waals surface area contributed by atoms with Gasteiger partial charge in [0.25, 0.3) is 0 Å². The van der Waals surface area contributed by atoms with E-state index in [-0.39, 0.29) is 32.5 Å². The summed E-state index contributed by atoms with van der Waals surface area (Å²) in [6, 6.07) is -2.36. The van der Waals surface area contributed by atoms with Crippen LogP contribution in [0, 0.1) is 5.92 Å². The third-order valence-electron chi connectivity index (χ3n) is 5.40. The van der Waals surface area contributed by atoms with Gasteiger partial charge >= 0.3 is 24.0 Å². The van der Waals surface area contributed by atoms with Crippen molar-refractivity contribution in [3.8, 4) is 0 Å². The molecule has 2 aliphatic heterocycles. The number of amides is 2. The van der Waals surface area contributed by atoms with E-state index in [4.69, 9.17) is 4.74 Å². The molecule has 2 heterocycles. The van der Waals surface area contributed by atoms with Crippen LogP contribution >= 0.6 is 0 Å². The van der Waals surface area contributed by atoms with Crippen molar-refractivity contribution >= 4 is 17.8 Å². The van der Waals surface area contributed by atoms with E-state index < -0.39 is 42.0 Å². The van der Waals surface area contributed by atoms with Crippen molar-refractivity contribution < 1.29 is 41.1 Å². The summed E-state index contributed by atoms with van der Waals surface area (Å²) >= 11 is 0. The lowest BCUT2D eigenvalue weighted by atomic mass is 10.1. The number of hydrogen-bond acceptors (Lipinski definition) is 4. The van der Waals surface area contributed by atoms with Crippen molar-refractivity contribution in [3.63, 3.8) is 0 Å². The quantitative estimate of drug-likeness (QED) is 0.345. The fourth-order valence-corrected chi connectivity index (χ4v) is 3.80. The zero-order valence-corrected chi connectivity index (χ0v) is 17.0. The average Bonchev–Trinajstić information content (AvgIpc) is 3.32. The Balaban J connectivity index is 2.05. The summed E-state index contributed by atoms with van der Waals surface area (Å²) in [6.07, 6.45) is -3.67. The third-order valence-corrected chi connectivity index (χ3v) is 5.40. The number of likely N-dealkylation sites (tertiary alicyclic amines) is 2. The van der Waals surface area contributed by atoms with Crippen LogP contribution in [0.1, 0.15) is 52.4 Å². The van der Waals surface area contributed by atoms with Gasteiger partial charge in [0.05, 0.1) is 6.61 Å². The molecule has 2 saturated heterocycles. The van der Waals surface area contributed by atoms with Gasteiger partial charge < -0.3 is 14.5 Å². The van der Waals surface area contributed by atoms with Crippen LogP contribution in [-0.2, 0) is 19.1 Å². The second-order valence-corrected chi connectivity index (χ2v) is 8.12. The largest absolute Gasteiger partial charge is 0.464 e. The van der Waals surface area contributed by atoms with E-state index in [1.165, 1.54) is 0 Å². The molecule has 2 fully saturated rings. The summed E-state index contributed by atoms with van der Waals surface area (Å²) in [4.78, 5) is 38.6. The van der Waals surface area contributed by atoms with Gasteiger partial charge in [0.2, 0.25) is 5.91 Å². The Hall–Kier alpha value is -1.94. The van der Waals surface area contributed by atoms with Crippen LogP contribution in [0.5, 0.6) is 0 Å². The van der Waals surface area contributed by atoms with Crippen LogP contribution < -0.4 is 0 Å². The molecule has 0 spiro atoms. The average molecular weight is 442 g/mol. The molecule has 0 bridgehead atoms. The number of rotatable bonds is 7. The number of carbonyl (C=O) groups excluding carboxylic acids is 3. The molecule has 30 heavy (non-hydrogen) atoms. The number of carbonyl (C=O) groups is 3. The number of halogens is 5. The Kier molecular flexibility index (Phi) is 7.68. The first kappa shape index (κ1) is 24.3. The predicted molar refractivity (Wildman–Crippen MR) is 95.5 cm³/mol. The lowest BCUT2D eigenvalue weighted by Crippen LogP contribution is -2.57. The van der Waals surface area contributed by atoms with Crippen LogP contribution in [0.4, 0.5) is 22.0 Å². The normalized spacial score (nSPS) is 22.7. The Morgan fingerprint density at radius 2 is 1.53 bits per heavy atom. The minimum atomic E-state index is -6.05. The number of nitrogens with zero attached hydrogens (tertiary/aromatic N) is 2. The Labute approximate surface area is 171 Å². The van der Waals surface area contributed by atoms with E-state index in [1.807, 2.05) is 13.8 Å². The molecule has 6 nitrogen and oxygen atoms in total. The van der Waals surface area contributed by atoms with E-state index in [0.29, 0.717) is 30.1 Å². The second-order valence-electron chi connectivity index (χ2n) is 8.12. The summed E-state index contributed by atoms with van der Waals surface area (Å²) in [5.74, 6) is -8.98. The van der Waals surface area contributed by atoms with Crippen LogP contribution in [0.2, 0.25) is 0 Å². The van der Waals surface area contributed by atoms with Gasteiger partial charge in [-0.15, -0.1) is 0 Å². The van der Waals surface area contributed by atoms with Crippen molar-refractivity contribution in [2.24, 2.45) is 5.92 Å². The zero-order chi connectivity index (χ0) is 22.7. The molecular weight excluding hydrogens is 415 g/mol. The van der Waals surface area contributed by atoms with Gasteiger partial charge in [0, 0.05) is 13.1 Å². The highest BCUT2D eigenvalue weighted by atomic mass is 19.4. The van der Waals surface area contributed by atoms with E-state index in [1.54, 1.807) is 0 Å². The summed E-state index contributed by atoms with van der Waals surface area (Å²) < 4.78 is 70.0. The van der Waals surface area contributed by atoms with Crippen LogP contribution in [-0.4, -0.2) is 71.5 Å². The highest BCUT2D eigenvalue weighted by Crippen LogP contribution is 2.39. The molecule has 0 N–H and O–H groups in total. The molecule has 2 rings (SSSR count). The molecular formula is C19H27F5N2O4. The zero-order valence-electron chi connectivity index (χ0n) is 17.0. The molecule has 0 aromatic heterocycles. The fourth-order valence-electron chi connectivity index (χ4n) is 3.80. The standard InChI is InChI=1S/C19H27F5N2O4/c1-12(2)6-5-11-30-16(28)14-8-4-9-25(14)15(27)13-7-3-10-26(13)17(29)18(20,21)19(22,23)24/h12-14H,3-11H2,1-2H3. The summed E-state index contributed by atoms with van der Waals surface area (Å²) in [6.45, 7) is 4.01. The monoisotopic (exact) mass is 442 g/mol. The van der Waals surface area contributed by atoms with Crippen molar-refractivity contribution in [3.05, 3.63) is 0 Å². The fraction of sp³-hybridized carbons (Fsp3) is 0.842. The van der Waals surface area contributed by atoms with Gasteiger partial charge in [-0.25, -0.2) is 4.79 Å². The molecule has 0 saturated carbocycles. The van der Waals surface area contributed by atoms with E-state index in [9.17, 15) is 36.3 Å². The number of alkyl halides is 5. The van der Waals surface area contributed by atoms with Crippen molar-refractivity contribution in [1.29, 1.82) is 0 Å². The first-order chi connectivity index (χ1) is 13.9. The topological polar surface area (TPSA) is 66.9 Å².